The van der Waals surface area contributed by atoms with Crippen LogP contribution in [-0.4, -0.2) is 24.1 Å². The maximum absolute atomic E-state index is 5.10. The second kappa shape index (κ2) is 9.56. The molecule has 200 valence electrons. The molecule has 0 bridgehead atoms. The molecule has 0 amide bonds. The Morgan fingerprint density at radius 1 is 0.561 bits per heavy atom. The Balaban J connectivity index is 0.00000135. The number of rotatable bonds is 3. The number of hydrogen-bond acceptors (Lipinski definition) is 3. The van der Waals surface area contributed by atoms with Crippen LogP contribution in [0.1, 0.15) is 39.0 Å². The van der Waals surface area contributed by atoms with Crippen molar-refractivity contribution in [3.05, 3.63) is 127 Å². The SMILES string of the molecule is CC.CC1(C)c2ccccc2-n2c1cc1c3ccccc3n(-c3nc(-c4ccccc4)nc(-c4ccccc4)n3)c12. The fourth-order valence-electron chi connectivity index (χ4n) is 6.07. The van der Waals surface area contributed by atoms with E-state index in [4.69, 9.17) is 15.0 Å². The van der Waals surface area contributed by atoms with Gasteiger partial charge in [0.2, 0.25) is 5.95 Å². The van der Waals surface area contributed by atoms with Crippen molar-refractivity contribution in [2.24, 2.45) is 0 Å². The zero-order valence-electron chi connectivity index (χ0n) is 23.7. The molecule has 41 heavy (non-hydrogen) atoms. The third-order valence-corrected chi connectivity index (χ3v) is 7.97. The van der Waals surface area contributed by atoms with Crippen LogP contribution in [0.25, 0.3) is 56.3 Å². The fourth-order valence-corrected chi connectivity index (χ4v) is 6.07. The van der Waals surface area contributed by atoms with Crippen molar-refractivity contribution >= 4 is 21.9 Å². The fraction of sp³-hybridized carbons (Fsp3) is 0.139. The predicted molar refractivity (Wildman–Crippen MR) is 168 cm³/mol. The summed E-state index contributed by atoms with van der Waals surface area (Å²) in [6.07, 6.45) is 0. The lowest BCUT2D eigenvalue weighted by Crippen LogP contribution is -2.15. The van der Waals surface area contributed by atoms with Crippen LogP contribution in [0.3, 0.4) is 0 Å². The first-order valence-corrected chi connectivity index (χ1v) is 14.2. The molecule has 8 rings (SSSR count). The number of aromatic nitrogens is 5. The minimum absolute atomic E-state index is 0.120. The van der Waals surface area contributed by atoms with Gasteiger partial charge in [0.15, 0.2) is 11.6 Å². The van der Waals surface area contributed by atoms with E-state index in [1.165, 1.54) is 27.7 Å². The molecule has 3 aromatic heterocycles. The van der Waals surface area contributed by atoms with Crippen molar-refractivity contribution in [1.29, 1.82) is 0 Å². The average molecular weight is 534 g/mol. The van der Waals surface area contributed by atoms with Gasteiger partial charge in [0.1, 0.15) is 5.65 Å². The summed E-state index contributed by atoms with van der Waals surface area (Å²) in [6, 6.07) is 39.9. The Morgan fingerprint density at radius 3 is 1.78 bits per heavy atom. The highest BCUT2D eigenvalue weighted by molar-refractivity contribution is 6.09. The van der Waals surface area contributed by atoms with Gasteiger partial charge in [-0.15, -0.1) is 0 Å². The van der Waals surface area contributed by atoms with Gasteiger partial charge in [0.25, 0.3) is 0 Å². The third-order valence-electron chi connectivity index (χ3n) is 7.97. The van der Waals surface area contributed by atoms with Crippen molar-refractivity contribution in [2.45, 2.75) is 33.1 Å². The van der Waals surface area contributed by atoms with Gasteiger partial charge < -0.3 is 0 Å². The number of benzene rings is 4. The van der Waals surface area contributed by atoms with Crippen molar-refractivity contribution < 1.29 is 0 Å². The molecule has 0 N–H and O–H groups in total. The molecule has 1 aliphatic rings. The monoisotopic (exact) mass is 533 g/mol. The van der Waals surface area contributed by atoms with Crippen molar-refractivity contribution in [3.8, 4) is 34.4 Å². The first-order chi connectivity index (χ1) is 20.1. The standard InChI is InChI=1S/C34H25N5.C2H6/c1-34(2)26-18-10-12-20-28(26)38-29(34)21-25-24-17-9-11-19-27(24)39(32(25)38)33-36-30(22-13-5-3-6-14-22)35-31(37-33)23-15-7-4-8-16-23;1-2/h3-21H,1-2H3;1-2H3. The molecule has 7 aromatic rings. The maximum atomic E-state index is 5.10. The van der Waals surface area contributed by atoms with E-state index in [1.54, 1.807) is 0 Å². The average Bonchev–Trinajstić information content (AvgIpc) is 3.65. The highest BCUT2D eigenvalue weighted by Crippen LogP contribution is 2.48. The molecule has 4 aromatic carbocycles. The normalized spacial score (nSPS) is 13.1. The van der Waals surface area contributed by atoms with E-state index >= 15 is 0 Å². The number of para-hydroxylation sites is 2. The molecule has 5 heteroatoms. The lowest BCUT2D eigenvalue weighted by Gasteiger charge is -2.18. The molecular weight excluding hydrogens is 502 g/mol. The molecule has 0 atom stereocenters. The molecule has 5 nitrogen and oxygen atoms in total. The molecular formula is C36H31N5. The Bertz CT molecular complexity index is 1970. The van der Waals surface area contributed by atoms with Gasteiger partial charge in [-0.1, -0.05) is 125 Å². The molecule has 0 saturated carbocycles. The maximum Gasteiger partial charge on any atom is 0.239 e. The summed E-state index contributed by atoms with van der Waals surface area (Å²) in [4.78, 5) is 15.1. The Morgan fingerprint density at radius 2 is 1.12 bits per heavy atom. The van der Waals surface area contributed by atoms with Gasteiger partial charge in [0.05, 0.1) is 11.2 Å². The zero-order valence-corrected chi connectivity index (χ0v) is 23.7. The quantitative estimate of drug-likeness (QED) is 0.228. The van der Waals surface area contributed by atoms with Gasteiger partial charge in [-0.2, -0.15) is 9.97 Å². The zero-order chi connectivity index (χ0) is 28.1. The van der Waals surface area contributed by atoms with Gasteiger partial charge in [-0.3, -0.25) is 9.13 Å². The molecule has 4 heterocycles. The summed E-state index contributed by atoms with van der Waals surface area (Å²) in [5.41, 5.74) is 7.74. The Hall–Kier alpha value is -5.03. The molecule has 0 spiro atoms. The van der Waals surface area contributed by atoms with Gasteiger partial charge in [-0.05, 0) is 23.8 Å². The van der Waals surface area contributed by atoms with E-state index < -0.39 is 0 Å². The summed E-state index contributed by atoms with van der Waals surface area (Å²) in [7, 11) is 0. The highest BCUT2D eigenvalue weighted by atomic mass is 15.3. The number of hydrogen-bond donors (Lipinski definition) is 0. The predicted octanol–water partition coefficient (Wildman–Crippen LogP) is 8.76. The number of nitrogens with zero attached hydrogens (tertiary/aromatic N) is 5. The minimum atomic E-state index is -0.120. The van der Waals surface area contributed by atoms with Crippen molar-refractivity contribution in [3.63, 3.8) is 0 Å². The Kier molecular flexibility index (Phi) is 5.82. The smallest absolute Gasteiger partial charge is 0.239 e. The molecule has 0 aliphatic carbocycles. The second-order valence-corrected chi connectivity index (χ2v) is 10.6. The van der Waals surface area contributed by atoms with E-state index in [0.29, 0.717) is 17.6 Å². The van der Waals surface area contributed by atoms with Crippen molar-refractivity contribution in [1.82, 2.24) is 24.1 Å². The van der Waals surface area contributed by atoms with Crippen LogP contribution in [0.5, 0.6) is 0 Å². The summed E-state index contributed by atoms with van der Waals surface area (Å²) in [6.45, 7) is 8.61. The number of fused-ring (bicyclic) bond motifs is 7. The molecule has 0 saturated heterocycles. The van der Waals surface area contributed by atoms with Crippen LogP contribution in [0.2, 0.25) is 0 Å². The van der Waals surface area contributed by atoms with E-state index in [-0.39, 0.29) is 5.41 Å². The highest BCUT2D eigenvalue weighted by Gasteiger charge is 2.38. The van der Waals surface area contributed by atoms with E-state index in [2.05, 4.69) is 77.6 Å². The van der Waals surface area contributed by atoms with E-state index in [1.807, 2.05) is 74.5 Å². The van der Waals surface area contributed by atoms with Crippen LogP contribution < -0.4 is 0 Å². The van der Waals surface area contributed by atoms with Crippen molar-refractivity contribution in [2.75, 3.05) is 0 Å². The summed E-state index contributed by atoms with van der Waals surface area (Å²) in [5.74, 6) is 1.91. The summed E-state index contributed by atoms with van der Waals surface area (Å²) >= 11 is 0. The van der Waals surface area contributed by atoms with Crippen LogP contribution >= 0.6 is 0 Å². The molecule has 0 radical (unpaired) electrons. The first kappa shape index (κ1) is 25.0. The first-order valence-electron chi connectivity index (χ1n) is 14.2. The van der Waals surface area contributed by atoms with Gasteiger partial charge >= 0.3 is 0 Å². The Labute approximate surface area is 239 Å². The van der Waals surface area contributed by atoms with Gasteiger partial charge in [-0.25, -0.2) is 4.98 Å². The second-order valence-electron chi connectivity index (χ2n) is 10.6. The van der Waals surface area contributed by atoms with Crippen LogP contribution in [0.15, 0.2) is 115 Å². The molecule has 0 fully saturated rings. The lowest BCUT2D eigenvalue weighted by molar-refractivity contribution is 0.644. The van der Waals surface area contributed by atoms with Crippen LogP contribution in [0, 0.1) is 0 Å². The summed E-state index contributed by atoms with van der Waals surface area (Å²) < 4.78 is 4.62. The topological polar surface area (TPSA) is 48.5 Å². The summed E-state index contributed by atoms with van der Waals surface area (Å²) in [5, 5.41) is 2.39. The molecule has 1 aliphatic heterocycles. The van der Waals surface area contributed by atoms with Crippen LogP contribution in [-0.2, 0) is 5.41 Å². The van der Waals surface area contributed by atoms with Crippen LogP contribution in [0.4, 0.5) is 0 Å². The third kappa shape index (κ3) is 3.73. The largest absolute Gasteiger partial charge is 0.298 e. The van der Waals surface area contributed by atoms with E-state index in [9.17, 15) is 0 Å². The lowest BCUT2D eigenvalue weighted by atomic mass is 9.83. The molecule has 0 unspecified atom stereocenters. The van der Waals surface area contributed by atoms with E-state index in [0.717, 1.165) is 22.3 Å². The minimum Gasteiger partial charge on any atom is -0.298 e. The van der Waals surface area contributed by atoms with Gasteiger partial charge in [0, 0.05) is 33.0 Å².